The SMILES string of the molecule is COc1cc(-c2ccc(Cl)cc2Cl)cc2c1OC1CCNCC21. The lowest BCUT2D eigenvalue weighted by Gasteiger charge is -2.24. The minimum atomic E-state index is 0.232. The van der Waals surface area contributed by atoms with Crippen molar-refractivity contribution in [2.75, 3.05) is 20.2 Å². The van der Waals surface area contributed by atoms with Gasteiger partial charge >= 0.3 is 0 Å². The van der Waals surface area contributed by atoms with Crippen molar-refractivity contribution in [1.82, 2.24) is 5.32 Å². The molecule has 0 amide bonds. The van der Waals surface area contributed by atoms with Crippen molar-refractivity contribution < 1.29 is 9.47 Å². The van der Waals surface area contributed by atoms with E-state index in [0.29, 0.717) is 16.0 Å². The summed E-state index contributed by atoms with van der Waals surface area (Å²) < 4.78 is 11.7. The summed E-state index contributed by atoms with van der Waals surface area (Å²) in [5.41, 5.74) is 3.17. The van der Waals surface area contributed by atoms with Crippen LogP contribution in [0.4, 0.5) is 0 Å². The standard InChI is InChI=1S/C18H17Cl2NO2/c1-22-17-7-10(12-3-2-11(19)8-15(12)20)6-13-14-9-21-5-4-16(14)23-18(13)17/h2-3,6-8,14,16,21H,4-5,9H2,1H3. The van der Waals surface area contributed by atoms with Crippen LogP contribution in [0, 0.1) is 0 Å². The third-order valence-corrected chi connectivity index (χ3v) is 5.18. The monoisotopic (exact) mass is 349 g/mol. The molecule has 2 atom stereocenters. The van der Waals surface area contributed by atoms with Crippen LogP contribution in [0.15, 0.2) is 30.3 Å². The first-order valence-electron chi connectivity index (χ1n) is 7.72. The van der Waals surface area contributed by atoms with Crippen molar-refractivity contribution in [3.63, 3.8) is 0 Å². The lowest BCUT2D eigenvalue weighted by molar-refractivity contribution is 0.168. The molecule has 2 aliphatic rings. The van der Waals surface area contributed by atoms with Crippen molar-refractivity contribution in [1.29, 1.82) is 0 Å². The quantitative estimate of drug-likeness (QED) is 0.865. The molecule has 2 heterocycles. The van der Waals surface area contributed by atoms with Gasteiger partial charge in [0.15, 0.2) is 11.5 Å². The lowest BCUT2D eigenvalue weighted by atomic mass is 9.89. The van der Waals surface area contributed by atoms with Gasteiger partial charge in [0.2, 0.25) is 0 Å². The van der Waals surface area contributed by atoms with Gasteiger partial charge in [-0.2, -0.15) is 0 Å². The Morgan fingerprint density at radius 3 is 2.87 bits per heavy atom. The highest BCUT2D eigenvalue weighted by molar-refractivity contribution is 6.36. The molecular weight excluding hydrogens is 333 g/mol. The molecule has 1 saturated heterocycles. The van der Waals surface area contributed by atoms with Gasteiger partial charge in [0.25, 0.3) is 0 Å². The first-order valence-corrected chi connectivity index (χ1v) is 8.47. The van der Waals surface area contributed by atoms with Crippen molar-refractivity contribution in [2.45, 2.75) is 18.4 Å². The Morgan fingerprint density at radius 2 is 2.09 bits per heavy atom. The number of fused-ring (bicyclic) bond motifs is 3. The largest absolute Gasteiger partial charge is 0.493 e. The zero-order valence-electron chi connectivity index (χ0n) is 12.7. The molecule has 4 rings (SSSR count). The van der Waals surface area contributed by atoms with Crippen LogP contribution in [0.1, 0.15) is 17.9 Å². The number of methoxy groups -OCH3 is 1. The maximum Gasteiger partial charge on any atom is 0.165 e. The minimum absolute atomic E-state index is 0.232. The Labute approximate surface area is 145 Å². The number of rotatable bonds is 2. The molecule has 0 bridgehead atoms. The molecule has 0 spiro atoms. The van der Waals surface area contributed by atoms with E-state index < -0.39 is 0 Å². The van der Waals surface area contributed by atoms with Gasteiger partial charge in [-0.3, -0.25) is 0 Å². The van der Waals surface area contributed by atoms with E-state index in [9.17, 15) is 0 Å². The molecule has 0 aromatic heterocycles. The molecule has 2 aromatic carbocycles. The topological polar surface area (TPSA) is 30.5 Å². The number of halogens is 2. The van der Waals surface area contributed by atoms with Crippen molar-refractivity contribution >= 4 is 23.2 Å². The van der Waals surface area contributed by atoms with Crippen molar-refractivity contribution in [3.8, 4) is 22.6 Å². The summed E-state index contributed by atoms with van der Waals surface area (Å²) in [6, 6.07) is 9.71. The van der Waals surface area contributed by atoms with Gasteiger partial charge in [-0.25, -0.2) is 0 Å². The normalized spacial score (nSPS) is 22.2. The second-order valence-corrected chi connectivity index (χ2v) is 6.82. The summed E-state index contributed by atoms with van der Waals surface area (Å²) in [7, 11) is 1.67. The molecule has 1 fully saturated rings. The Kier molecular flexibility index (Phi) is 3.88. The van der Waals surface area contributed by atoms with E-state index in [2.05, 4.69) is 11.4 Å². The molecule has 1 N–H and O–H groups in total. The molecule has 2 aromatic rings. The van der Waals surface area contributed by atoms with Crippen LogP contribution < -0.4 is 14.8 Å². The second-order valence-electron chi connectivity index (χ2n) is 5.98. The van der Waals surface area contributed by atoms with Gasteiger partial charge in [-0.15, -0.1) is 0 Å². The predicted molar refractivity (Wildman–Crippen MR) is 93.1 cm³/mol. The highest BCUT2D eigenvalue weighted by atomic mass is 35.5. The first-order chi connectivity index (χ1) is 11.2. The summed E-state index contributed by atoms with van der Waals surface area (Å²) >= 11 is 12.4. The van der Waals surface area contributed by atoms with Crippen LogP contribution in [0.5, 0.6) is 11.5 Å². The number of piperidine rings is 1. The van der Waals surface area contributed by atoms with Crippen molar-refractivity contribution in [2.24, 2.45) is 0 Å². The van der Waals surface area contributed by atoms with Crippen LogP contribution in [-0.2, 0) is 0 Å². The maximum atomic E-state index is 6.38. The molecule has 0 aliphatic carbocycles. The van der Waals surface area contributed by atoms with Crippen LogP contribution in [0.3, 0.4) is 0 Å². The van der Waals surface area contributed by atoms with Crippen LogP contribution >= 0.6 is 23.2 Å². The molecule has 23 heavy (non-hydrogen) atoms. The Balaban J connectivity index is 1.84. The van der Waals surface area contributed by atoms with E-state index >= 15 is 0 Å². The molecule has 2 unspecified atom stereocenters. The van der Waals surface area contributed by atoms with E-state index in [-0.39, 0.29) is 6.10 Å². The molecule has 5 heteroatoms. The van der Waals surface area contributed by atoms with E-state index in [1.54, 1.807) is 13.2 Å². The minimum Gasteiger partial charge on any atom is -0.493 e. The highest BCUT2D eigenvalue weighted by Crippen LogP contribution is 2.48. The van der Waals surface area contributed by atoms with Gasteiger partial charge in [0.1, 0.15) is 6.10 Å². The fourth-order valence-electron chi connectivity index (χ4n) is 3.49. The third kappa shape index (κ3) is 2.57. The third-order valence-electron chi connectivity index (χ3n) is 4.63. The summed E-state index contributed by atoms with van der Waals surface area (Å²) in [6.07, 6.45) is 1.25. The van der Waals surface area contributed by atoms with Gasteiger partial charge < -0.3 is 14.8 Å². The number of hydrogen-bond donors (Lipinski definition) is 1. The van der Waals surface area contributed by atoms with E-state index in [1.165, 1.54) is 5.56 Å². The average molecular weight is 350 g/mol. The molecule has 3 nitrogen and oxygen atoms in total. The average Bonchev–Trinajstić information content (AvgIpc) is 2.92. The summed E-state index contributed by atoms with van der Waals surface area (Å²) in [6.45, 7) is 1.92. The van der Waals surface area contributed by atoms with E-state index in [4.69, 9.17) is 32.7 Å². The number of ether oxygens (including phenoxy) is 2. The predicted octanol–water partition coefficient (Wildman–Crippen LogP) is 4.51. The Bertz CT molecular complexity index is 763. The number of benzene rings is 2. The van der Waals surface area contributed by atoms with Gasteiger partial charge in [-0.05, 0) is 42.8 Å². The Morgan fingerprint density at radius 1 is 1.22 bits per heavy atom. The van der Waals surface area contributed by atoms with Crippen molar-refractivity contribution in [3.05, 3.63) is 45.9 Å². The fraction of sp³-hybridized carbons (Fsp3) is 0.333. The summed E-state index contributed by atoms with van der Waals surface area (Å²) in [5, 5.41) is 4.72. The fourth-order valence-corrected chi connectivity index (χ4v) is 4.01. The number of hydrogen-bond acceptors (Lipinski definition) is 3. The first kappa shape index (κ1) is 15.1. The number of nitrogens with one attached hydrogen (secondary N) is 1. The van der Waals surface area contributed by atoms with Crippen LogP contribution in [-0.4, -0.2) is 26.3 Å². The van der Waals surface area contributed by atoms with Gasteiger partial charge in [0.05, 0.1) is 7.11 Å². The molecule has 120 valence electrons. The molecule has 0 radical (unpaired) electrons. The van der Waals surface area contributed by atoms with Crippen LogP contribution in [0.25, 0.3) is 11.1 Å². The zero-order valence-corrected chi connectivity index (χ0v) is 14.2. The highest BCUT2D eigenvalue weighted by Gasteiger charge is 2.38. The lowest BCUT2D eigenvalue weighted by Crippen LogP contribution is -2.37. The maximum absolute atomic E-state index is 6.38. The second kappa shape index (κ2) is 5.90. The molecule has 2 aliphatic heterocycles. The van der Waals surface area contributed by atoms with Gasteiger partial charge in [-0.1, -0.05) is 29.3 Å². The van der Waals surface area contributed by atoms with E-state index in [0.717, 1.165) is 42.1 Å². The molecular formula is C18H17Cl2NO2. The smallest absolute Gasteiger partial charge is 0.165 e. The van der Waals surface area contributed by atoms with E-state index in [1.807, 2.05) is 18.2 Å². The van der Waals surface area contributed by atoms with Crippen LogP contribution in [0.2, 0.25) is 10.0 Å². The molecule has 0 saturated carbocycles. The summed E-state index contributed by atoms with van der Waals surface area (Å²) in [5.74, 6) is 2.00. The van der Waals surface area contributed by atoms with Gasteiger partial charge in [0, 0.05) is 33.6 Å². The summed E-state index contributed by atoms with van der Waals surface area (Å²) in [4.78, 5) is 0. The zero-order chi connectivity index (χ0) is 16.0. The Hall–Kier alpha value is -1.42.